The first-order valence-corrected chi connectivity index (χ1v) is 7.35. The Hall–Kier alpha value is -0.840. The van der Waals surface area contributed by atoms with Gasteiger partial charge in [0, 0.05) is 26.2 Å². The molecule has 0 bridgehead atoms. The predicted octanol–water partition coefficient (Wildman–Crippen LogP) is 2.43. The lowest BCUT2D eigenvalue weighted by Crippen LogP contribution is -2.41. The van der Waals surface area contributed by atoms with E-state index in [9.17, 15) is 0 Å². The topological polar surface area (TPSA) is 37.6 Å². The molecule has 2 unspecified atom stereocenters. The van der Waals surface area contributed by atoms with Crippen LogP contribution in [0.1, 0.15) is 38.0 Å². The number of hydrogen-bond acceptors (Lipinski definition) is 4. The highest BCUT2D eigenvalue weighted by Gasteiger charge is 2.25. The van der Waals surface area contributed by atoms with E-state index in [1.165, 1.54) is 12.8 Å². The van der Waals surface area contributed by atoms with Gasteiger partial charge in [0.05, 0.1) is 18.9 Å². The molecule has 1 aromatic heterocycles. The van der Waals surface area contributed by atoms with Crippen molar-refractivity contribution in [2.75, 3.05) is 33.4 Å². The van der Waals surface area contributed by atoms with E-state index in [0.717, 1.165) is 38.4 Å². The molecule has 4 nitrogen and oxygen atoms in total. The van der Waals surface area contributed by atoms with Crippen LogP contribution in [0.2, 0.25) is 0 Å². The maximum Gasteiger partial charge on any atom is 0.120 e. The molecule has 108 valence electrons. The Balaban J connectivity index is 2.01. The van der Waals surface area contributed by atoms with Gasteiger partial charge in [-0.05, 0) is 37.9 Å². The highest BCUT2D eigenvalue weighted by molar-refractivity contribution is 5.05. The number of ether oxygens (including phenoxy) is 1. The molecule has 1 N–H and O–H groups in total. The zero-order chi connectivity index (χ0) is 13.5. The molecule has 1 fully saturated rings. The van der Waals surface area contributed by atoms with Crippen molar-refractivity contribution >= 4 is 0 Å². The molecule has 1 aliphatic rings. The molecule has 1 saturated heterocycles. The summed E-state index contributed by atoms with van der Waals surface area (Å²) in [7, 11) is 1.76. The van der Waals surface area contributed by atoms with E-state index >= 15 is 0 Å². The molecule has 1 aromatic rings. The molecule has 4 heteroatoms. The first-order valence-electron chi connectivity index (χ1n) is 7.35. The smallest absolute Gasteiger partial charge is 0.120 e. The lowest BCUT2D eigenvalue weighted by molar-refractivity contribution is 0.101. The van der Waals surface area contributed by atoms with E-state index in [0.29, 0.717) is 12.1 Å². The average molecular weight is 266 g/mol. The summed E-state index contributed by atoms with van der Waals surface area (Å²) in [6, 6.07) is 5.02. The molecule has 0 aliphatic carbocycles. The largest absolute Gasteiger partial charge is 0.468 e. The van der Waals surface area contributed by atoms with E-state index in [1.807, 2.05) is 6.07 Å². The van der Waals surface area contributed by atoms with Crippen LogP contribution in [0.3, 0.4) is 0 Å². The molecule has 0 spiro atoms. The van der Waals surface area contributed by atoms with Gasteiger partial charge in [0.15, 0.2) is 0 Å². The van der Waals surface area contributed by atoms with Gasteiger partial charge in [-0.1, -0.05) is 6.92 Å². The monoisotopic (exact) mass is 266 g/mol. The Morgan fingerprint density at radius 2 is 2.47 bits per heavy atom. The van der Waals surface area contributed by atoms with Crippen LogP contribution in [0.15, 0.2) is 22.8 Å². The fraction of sp³-hybridized carbons (Fsp3) is 0.733. The quantitative estimate of drug-likeness (QED) is 0.784. The number of methoxy groups -OCH3 is 1. The highest BCUT2D eigenvalue weighted by atomic mass is 16.5. The van der Waals surface area contributed by atoms with Crippen LogP contribution in [0.25, 0.3) is 0 Å². The second-order valence-corrected chi connectivity index (χ2v) is 5.22. The number of rotatable bonds is 8. The molecule has 1 aliphatic heterocycles. The molecule has 0 amide bonds. The van der Waals surface area contributed by atoms with Crippen molar-refractivity contribution in [2.24, 2.45) is 0 Å². The van der Waals surface area contributed by atoms with Crippen LogP contribution in [0.4, 0.5) is 0 Å². The van der Waals surface area contributed by atoms with Crippen molar-refractivity contribution < 1.29 is 9.15 Å². The van der Waals surface area contributed by atoms with Crippen molar-refractivity contribution in [1.29, 1.82) is 0 Å². The van der Waals surface area contributed by atoms with Gasteiger partial charge in [0.1, 0.15) is 5.76 Å². The van der Waals surface area contributed by atoms with Gasteiger partial charge >= 0.3 is 0 Å². The molecule has 0 saturated carbocycles. The summed E-state index contributed by atoms with van der Waals surface area (Å²) in [6.07, 6.45) is 5.39. The Bertz CT molecular complexity index is 334. The average Bonchev–Trinajstić information content (AvgIpc) is 3.09. The van der Waals surface area contributed by atoms with Gasteiger partial charge in [-0.25, -0.2) is 0 Å². The number of nitrogens with one attached hydrogen (secondary N) is 1. The zero-order valence-corrected chi connectivity index (χ0v) is 12.1. The minimum Gasteiger partial charge on any atom is -0.468 e. The Morgan fingerprint density at radius 3 is 3.05 bits per heavy atom. The standard InChI is InChI=1S/C15H26N2O2/c1-3-14(15-7-5-10-19-15)17(9-11-18-2)12-13-6-4-8-16-13/h5,7,10,13-14,16H,3-4,6,8-9,11-12H2,1-2H3. The number of furan rings is 1. The van der Waals surface area contributed by atoms with Crippen molar-refractivity contribution in [1.82, 2.24) is 10.2 Å². The van der Waals surface area contributed by atoms with Crippen LogP contribution in [0.5, 0.6) is 0 Å². The van der Waals surface area contributed by atoms with E-state index < -0.39 is 0 Å². The molecule has 0 radical (unpaired) electrons. The first kappa shape index (κ1) is 14.6. The van der Waals surface area contributed by atoms with Crippen LogP contribution in [-0.4, -0.2) is 44.3 Å². The molecular weight excluding hydrogens is 240 g/mol. The zero-order valence-electron chi connectivity index (χ0n) is 12.1. The van der Waals surface area contributed by atoms with Gasteiger partial charge in [0.25, 0.3) is 0 Å². The van der Waals surface area contributed by atoms with Gasteiger partial charge < -0.3 is 14.5 Å². The molecular formula is C15H26N2O2. The summed E-state index contributed by atoms with van der Waals surface area (Å²) in [6.45, 7) is 6.16. The Kier molecular flexibility index (Phi) is 5.89. The van der Waals surface area contributed by atoms with Crippen LogP contribution in [0, 0.1) is 0 Å². The second kappa shape index (κ2) is 7.68. The van der Waals surface area contributed by atoms with Gasteiger partial charge in [-0.3, -0.25) is 4.90 Å². The van der Waals surface area contributed by atoms with Gasteiger partial charge in [0.2, 0.25) is 0 Å². The van der Waals surface area contributed by atoms with Crippen molar-refractivity contribution in [2.45, 2.75) is 38.3 Å². The van der Waals surface area contributed by atoms with Crippen LogP contribution in [-0.2, 0) is 4.74 Å². The SMILES string of the molecule is CCC(c1ccco1)N(CCOC)CC1CCCN1. The maximum atomic E-state index is 5.61. The molecule has 0 aromatic carbocycles. The summed E-state index contributed by atoms with van der Waals surface area (Å²) in [5, 5.41) is 3.57. The maximum absolute atomic E-state index is 5.61. The first-order chi connectivity index (χ1) is 9.35. The highest BCUT2D eigenvalue weighted by Crippen LogP contribution is 2.25. The fourth-order valence-electron chi connectivity index (χ4n) is 2.90. The Morgan fingerprint density at radius 1 is 1.58 bits per heavy atom. The van der Waals surface area contributed by atoms with Gasteiger partial charge in [-0.2, -0.15) is 0 Å². The lowest BCUT2D eigenvalue weighted by atomic mass is 10.1. The minimum absolute atomic E-state index is 0.354. The van der Waals surface area contributed by atoms with Gasteiger partial charge in [-0.15, -0.1) is 0 Å². The second-order valence-electron chi connectivity index (χ2n) is 5.22. The molecule has 2 heterocycles. The third-order valence-electron chi connectivity index (χ3n) is 3.90. The fourth-order valence-corrected chi connectivity index (χ4v) is 2.90. The summed E-state index contributed by atoms with van der Waals surface area (Å²) >= 11 is 0. The predicted molar refractivity (Wildman–Crippen MR) is 76.2 cm³/mol. The van der Waals surface area contributed by atoms with Crippen molar-refractivity contribution in [3.8, 4) is 0 Å². The Labute approximate surface area is 116 Å². The molecule has 19 heavy (non-hydrogen) atoms. The summed E-state index contributed by atoms with van der Waals surface area (Å²) < 4.78 is 10.9. The van der Waals surface area contributed by atoms with Crippen LogP contribution >= 0.6 is 0 Å². The third-order valence-corrected chi connectivity index (χ3v) is 3.90. The number of nitrogens with zero attached hydrogens (tertiary/aromatic N) is 1. The minimum atomic E-state index is 0.354. The summed E-state index contributed by atoms with van der Waals surface area (Å²) in [4.78, 5) is 2.49. The summed E-state index contributed by atoms with van der Waals surface area (Å²) in [5.41, 5.74) is 0. The lowest BCUT2D eigenvalue weighted by Gasteiger charge is -2.31. The molecule has 2 atom stereocenters. The third kappa shape index (κ3) is 4.06. The van der Waals surface area contributed by atoms with Crippen molar-refractivity contribution in [3.05, 3.63) is 24.2 Å². The van der Waals surface area contributed by atoms with E-state index in [4.69, 9.17) is 9.15 Å². The normalized spacial score (nSPS) is 21.1. The van der Waals surface area contributed by atoms with E-state index in [-0.39, 0.29) is 0 Å². The number of hydrogen-bond donors (Lipinski definition) is 1. The van der Waals surface area contributed by atoms with Crippen LogP contribution < -0.4 is 5.32 Å². The van der Waals surface area contributed by atoms with Crippen molar-refractivity contribution in [3.63, 3.8) is 0 Å². The summed E-state index contributed by atoms with van der Waals surface area (Å²) in [5.74, 6) is 1.07. The molecule has 2 rings (SSSR count). The van der Waals surface area contributed by atoms with E-state index in [1.54, 1.807) is 13.4 Å². The van der Waals surface area contributed by atoms with E-state index in [2.05, 4.69) is 23.2 Å².